The smallest absolute Gasteiger partial charge is 0.162 e. The fourth-order valence-electron chi connectivity index (χ4n) is 5.74. The largest absolute Gasteiger partial charge is 0.496 e. The van der Waals surface area contributed by atoms with E-state index in [0.29, 0.717) is 31.7 Å². The highest BCUT2D eigenvalue weighted by molar-refractivity contribution is 9.10. The summed E-state index contributed by atoms with van der Waals surface area (Å²) in [6.07, 6.45) is 2.52. The number of benzene rings is 1. The average molecular weight is 516 g/mol. The van der Waals surface area contributed by atoms with Gasteiger partial charge in [0.25, 0.3) is 0 Å². The van der Waals surface area contributed by atoms with Gasteiger partial charge in [0.15, 0.2) is 11.6 Å². The number of methoxy groups -OCH3 is 2. The van der Waals surface area contributed by atoms with E-state index in [4.69, 9.17) is 9.47 Å². The molecule has 33 heavy (non-hydrogen) atoms. The number of Topliss-reactive ketones (excluding diaryl/α,β-unsaturated/α-hetero) is 2. The molecular weight excluding hydrogens is 482 g/mol. The van der Waals surface area contributed by atoms with E-state index < -0.39 is 5.92 Å². The first-order chi connectivity index (χ1) is 15.5. The minimum Gasteiger partial charge on any atom is -0.496 e. The first kappa shape index (κ1) is 24.2. The summed E-state index contributed by atoms with van der Waals surface area (Å²) in [6, 6.07) is 5.84. The maximum Gasteiger partial charge on any atom is 0.162 e. The summed E-state index contributed by atoms with van der Waals surface area (Å²) in [5.74, 6) is 0.538. The molecule has 1 aromatic carbocycles. The monoisotopic (exact) mass is 515 g/mol. The van der Waals surface area contributed by atoms with E-state index in [-0.39, 0.29) is 22.4 Å². The van der Waals surface area contributed by atoms with Crippen LogP contribution < -0.4 is 4.74 Å². The molecule has 0 unspecified atom stereocenters. The predicted octanol–water partition coefficient (Wildman–Crippen LogP) is 5.79. The molecule has 0 amide bonds. The van der Waals surface area contributed by atoms with Gasteiger partial charge in [0.05, 0.1) is 13.7 Å². The third kappa shape index (κ3) is 4.44. The van der Waals surface area contributed by atoms with Gasteiger partial charge in [-0.25, -0.2) is 0 Å². The lowest BCUT2D eigenvalue weighted by molar-refractivity contribution is -0.119. The minimum absolute atomic E-state index is 0.125. The van der Waals surface area contributed by atoms with Crippen molar-refractivity contribution in [3.05, 3.63) is 50.8 Å². The minimum atomic E-state index is -0.409. The van der Waals surface area contributed by atoms with Crippen LogP contribution in [0.4, 0.5) is 0 Å². The van der Waals surface area contributed by atoms with Gasteiger partial charge in [0.1, 0.15) is 5.75 Å². The maximum atomic E-state index is 13.7. The van der Waals surface area contributed by atoms with Crippen LogP contribution in [0, 0.1) is 10.8 Å². The number of hydrogen-bond acceptors (Lipinski definition) is 5. The number of ether oxygens (including phenoxy) is 2. The molecule has 0 N–H and O–H groups in total. The lowest BCUT2D eigenvalue weighted by atomic mass is 9.63. The van der Waals surface area contributed by atoms with Crippen LogP contribution in [0.3, 0.4) is 0 Å². The van der Waals surface area contributed by atoms with E-state index in [1.807, 2.05) is 18.2 Å². The second kappa shape index (κ2) is 8.70. The molecule has 0 aromatic heterocycles. The Bertz CT molecular complexity index is 1010. The highest BCUT2D eigenvalue weighted by atomic mass is 79.9. The molecular formula is C27H34BrNO4. The predicted molar refractivity (Wildman–Crippen MR) is 132 cm³/mol. The van der Waals surface area contributed by atoms with Crippen LogP contribution in [-0.2, 0) is 14.3 Å². The Kier molecular flexibility index (Phi) is 6.38. The standard InChI is InChI=1S/C27H34BrNO4/c1-26(2)12-18-24(20(30)14-26)23(17-11-16(28)7-8-22(17)33-6)25-19(29(18)9-10-32-5)13-27(3,4)15-21(25)31/h7-8,11,23H,9-10,12-15H2,1-6H3. The molecule has 0 saturated carbocycles. The lowest BCUT2D eigenvalue weighted by Crippen LogP contribution is -2.45. The Labute approximate surface area is 205 Å². The van der Waals surface area contributed by atoms with Gasteiger partial charge in [-0.2, -0.15) is 0 Å². The Morgan fingerprint density at radius 1 is 0.939 bits per heavy atom. The molecule has 0 saturated heterocycles. The summed E-state index contributed by atoms with van der Waals surface area (Å²) in [7, 11) is 3.33. The van der Waals surface area contributed by atoms with Crippen LogP contribution in [-0.4, -0.2) is 43.8 Å². The fraction of sp³-hybridized carbons (Fsp3) is 0.556. The average Bonchev–Trinajstić information content (AvgIpc) is 2.70. The van der Waals surface area contributed by atoms with Gasteiger partial charge >= 0.3 is 0 Å². The normalized spacial score (nSPS) is 22.5. The molecule has 2 aliphatic carbocycles. The molecule has 0 radical (unpaired) electrons. The van der Waals surface area contributed by atoms with Crippen LogP contribution in [0.2, 0.25) is 0 Å². The zero-order valence-electron chi connectivity index (χ0n) is 20.5. The Morgan fingerprint density at radius 3 is 1.97 bits per heavy atom. The highest BCUT2D eigenvalue weighted by Gasteiger charge is 2.49. The fourth-order valence-corrected chi connectivity index (χ4v) is 6.12. The van der Waals surface area contributed by atoms with Gasteiger partial charge in [0.2, 0.25) is 0 Å². The number of hydrogen-bond donors (Lipinski definition) is 0. The first-order valence-electron chi connectivity index (χ1n) is 11.6. The van der Waals surface area contributed by atoms with E-state index in [2.05, 4.69) is 48.5 Å². The van der Waals surface area contributed by atoms with Crippen LogP contribution in [0.5, 0.6) is 5.75 Å². The molecule has 3 aliphatic rings. The van der Waals surface area contributed by atoms with Crippen molar-refractivity contribution < 1.29 is 19.1 Å². The molecule has 5 nitrogen and oxygen atoms in total. The number of carbonyl (C=O) groups excluding carboxylic acids is 2. The van der Waals surface area contributed by atoms with E-state index in [9.17, 15) is 9.59 Å². The van der Waals surface area contributed by atoms with Gasteiger partial charge in [-0.05, 0) is 41.9 Å². The molecule has 1 aromatic rings. The Balaban J connectivity index is 2.03. The number of halogens is 1. The summed E-state index contributed by atoms with van der Waals surface area (Å²) < 4.78 is 12.1. The van der Waals surface area contributed by atoms with Gasteiger partial charge in [-0.1, -0.05) is 43.6 Å². The van der Waals surface area contributed by atoms with Crippen molar-refractivity contribution in [3.63, 3.8) is 0 Å². The quantitative estimate of drug-likeness (QED) is 0.496. The zero-order valence-corrected chi connectivity index (χ0v) is 22.1. The molecule has 4 rings (SSSR count). The van der Waals surface area contributed by atoms with Gasteiger partial charge in [-0.15, -0.1) is 0 Å². The Hall–Kier alpha value is -1.92. The third-order valence-electron chi connectivity index (χ3n) is 7.04. The van der Waals surface area contributed by atoms with Crippen molar-refractivity contribution >= 4 is 27.5 Å². The number of rotatable bonds is 5. The van der Waals surface area contributed by atoms with E-state index in [1.54, 1.807) is 14.2 Å². The zero-order chi connectivity index (χ0) is 24.1. The molecule has 1 aliphatic heterocycles. The van der Waals surface area contributed by atoms with Gasteiger partial charge < -0.3 is 14.4 Å². The van der Waals surface area contributed by atoms with Gasteiger partial charge in [-0.3, -0.25) is 9.59 Å². The lowest BCUT2D eigenvalue weighted by Gasteiger charge is -2.49. The van der Waals surface area contributed by atoms with Crippen LogP contribution in [0.15, 0.2) is 45.2 Å². The highest BCUT2D eigenvalue weighted by Crippen LogP contribution is 2.55. The number of carbonyl (C=O) groups is 2. The van der Waals surface area contributed by atoms with Crippen molar-refractivity contribution in [1.29, 1.82) is 0 Å². The van der Waals surface area contributed by atoms with Crippen molar-refractivity contribution in [1.82, 2.24) is 4.90 Å². The molecule has 0 atom stereocenters. The summed E-state index contributed by atoms with van der Waals surface area (Å²) in [6.45, 7) is 9.76. The van der Waals surface area contributed by atoms with E-state index >= 15 is 0 Å². The SMILES string of the molecule is COCCN1C2=C(C(=O)CC(C)(C)C2)C(c2cc(Br)ccc2OC)C2=C1CC(C)(C)CC2=O. The van der Waals surface area contributed by atoms with E-state index in [1.165, 1.54) is 0 Å². The summed E-state index contributed by atoms with van der Waals surface area (Å²) in [4.78, 5) is 29.7. The molecule has 0 spiro atoms. The van der Waals surface area contributed by atoms with Crippen molar-refractivity contribution in [2.24, 2.45) is 10.8 Å². The topological polar surface area (TPSA) is 55.8 Å². The second-order valence-electron chi connectivity index (χ2n) is 11.1. The summed E-state index contributed by atoms with van der Waals surface area (Å²) in [5, 5.41) is 0. The third-order valence-corrected chi connectivity index (χ3v) is 7.54. The van der Waals surface area contributed by atoms with Gasteiger partial charge in [0, 0.05) is 65.0 Å². The second-order valence-corrected chi connectivity index (χ2v) is 12.0. The molecule has 0 bridgehead atoms. The maximum absolute atomic E-state index is 13.7. The van der Waals surface area contributed by atoms with Crippen LogP contribution in [0.1, 0.15) is 64.9 Å². The number of allylic oxidation sites excluding steroid dienone is 4. The molecule has 0 fully saturated rings. The molecule has 1 heterocycles. The van der Waals surface area contributed by atoms with Crippen LogP contribution in [0.25, 0.3) is 0 Å². The molecule has 178 valence electrons. The van der Waals surface area contributed by atoms with Crippen molar-refractivity contribution in [2.75, 3.05) is 27.4 Å². The Morgan fingerprint density at radius 2 is 1.48 bits per heavy atom. The summed E-state index contributed by atoms with van der Waals surface area (Å²) >= 11 is 3.60. The first-order valence-corrected chi connectivity index (χ1v) is 12.4. The molecule has 6 heteroatoms. The number of ketones is 2. The van der Waals surface area contributed by atoms with E-state index in [0.717, 1.165) is 45.4 Å². The van der Waals surface area contributed by atoms with Crippen LogP contribution >= 0.6 is 15.9 Å². The van der Waals surface area contributed by atoms with Crippen molar-refractivity contribution in [2.45, 2.75) is 59.3 Å². The van der Waals surface area contributed by atoms with Crippen molar-refractivity contribution in [3.8, 4) is 5.75 Å². The summed E-state index contributed by atoms with van der Waals surface area (Å²) in [5.41, 5.74) is 4.20. The number of nitrogens with zero attached hydrogens (tertiary/aromatic N) is 1.